The molecule has 0 saturated heterocycles. The fourth-order valence-electron chi connectivity index (χ4n) is 2.90. The van der Waals surface area contributed by atoms with Crippen LogP contribution < -0.4 is 15.4 Å². The van der Waals surface area contributed by atoms with E-state index in [1.165, 1.54) is 0 Å². The van der Waals surface area contributed by atoms with Gasteiger partial charge in [-0.25, -0.2) is 9.48 Å². The second kappa shape index (κ2) is 8.89. The van der Waals surface area contributed by atoms with Gasteiger partial charge in [-0.05, 0) is 24.1 Å². The van der Waals surface area contributed by atoms with Crippen molar-refractivity contribution in [2.45, 2.75) is 25.9 Å². The van der Waals surface area contributed by atoms with Crippen molar-refractivity contribution in [3.05, 3.63) is 78.1 Å². The lowest BCUT2D eigenvalue weighted by atomic mass is 10.1. The SMILES string of the molecule is CCC(NC(=O)NCc1cnn(-c2ccccc2OC)c1)c1ccccc1. The monoisotopic (exact) mass is 364 g/mol. The molecule has 1 unspecified atom stereocenters. The number of hydrogen-bond acceptors (Lipinski definition) is 3. The molecule has 0 bridgehead atoms. The van der Waals surface area contributed by atoms with Gasteiger partial charge in [0.1, 0.15) is 11.4 Å². The Morgan fingerprint density at radius 3 is 2.63 bits per heavy atom. The molecule has 6 nitrogen and oxygen atoms in total. The summed E-state index contributed by atoms with van der Waals surface area (Å²) >= 11 is 0. The fourth-order valence-corrected chi connectivity index (χ4v) is 2.90. The van der Waals surface area contributed by atoms with E-state index in [0.29, 0.717) is 6.54 Å². The Balaban J connectivity index is 1.59. The van der Waals surface area contributed by atoms with Crippen LogP contribution in [0.15, 0.2) is 67.0 Å². The van der Waals surface area contributed by atoms with Gasteiger partial charge in [0.25, 0.3) is 0 Å². The first-order valence-electron chi connectivity index (χ1n) is 8.97. The number of nitrogens with one attached hydrogen (secondary N) is 2. The lowest BCUT2D eigenvalue weighted by molar-refractivity contribution is 0.236. The summed E-state index contributed by atoms with van der Waals surface area (Å²) < 4.78 is 7.11. The lowest BCUT2D eigenvalue weighted by Crippen LogP contribution is -2.37. The van der Waals surface area contributed by atoms with Gasteiger partial charge in [-0.15, -0.1) is 0 Å². The molecular formula is C21H24N4O2. The Morgan fingerprint density at radius 2 is 1.89 bits per heavy atom. The van der Waals surface area contributed by atoms with Gasteiger partial charge in [-0.2, -0.15) is 5.10 Å². The Labute approximate surface area is 159 Å². The normalized spacial score (nSPS) is 11.6. The highest BCUT2D eigenvalue weighted by atomic mass is 16.5. The number of carbonyl (C=O) groups excluding carboxylic acids is 1. The minimum atomic E-state index is -0.198. The van der Waals surface area contributed by atoms with Crippen molar-refractivity contribution in [2.24, 2.45) is 0 Å². The van der Waals surface area contributed by atoms with Crippen molar-refractivity contribution < 1.29 is 9.53 Å². The van der Waals surface area contributed by atoms with Crippen molar-refractivity contribution in [3.8, 4) is 11.4 Å². The molecule has 2 aromatic carbocycles. The summed E-state index contributed by atoms with van der Waals surface area (Å²) in [5.74, 6) is 0.742. The number of aromatic nitrogens is 2. The van der Waals surface area contributed by atoms with Crippen LogP contribution >= 0.6 is 0 Å². The molecule has 0 saturated carbocycles. The van der Waals surface area contributed by atoms with Crippen LogP contribution in [0, 0.1) is 0 Å². The standard InChI is InChI=1S/C21H24N4O2/c1-3-18(17-9-5-4-6-10-17)24-21(26)22-13-16-14-23-25(15-16)19-11-7-8-12-20(19)27-2/h4-12,14-15,18H,3,13H2,1-2H3,(H2,22,24,26). The Bertz CT molecular complexity index is 877. The predicted octanol–water partition coefficient (Wildman–Crippen LogP) is 3.83. The molecule has 3 rings (SSSR count). The first kappa shape index (κ1) is 18.5. The van der Waals surface area contributed by atoms with Gasteiger partial charge in [0, 0.05) is 18.3 Å². The molecule has 3 aromatic rings. The van der Waals surface area contributed by atoms with Gasteiger partial charge < -0.3 is 15.4 Å². The second-order valence-corrected chi connectivity index (χ2v) is 6.16. The molecule has 0 aliphatic rings. The fraction of sp³-hybridized carbons (Fsp3) is 0.238. The Hall–Kier alpha value is -3.28. The van der Waals surface area contributed by atoms with Gasteiger partial charge in [-0.3, -0.25) is 0 Å². The quantitative estimate of drug-likeness (QED) is 0.669. The highest BCUT2D eigenvalue weighted by Gasteiger charge is 2.12. The van der Waals surface area contributed by atoms with E-state index in [2.05, 4.69) is 22.7 Å². The van der Waals surface area contributed by atoms with Gasteiger partial charge in [0.15, 0.2) is 0 Å². The average molecular weight is 364 g/mol. The Morgan fingerprint density at radius 1 is 1.15 bits per heavy atom. The van der Waals surface area contributed by atoms with Crippen LogP contribution in [0.4, 0.5) is 4.79 Å². The van der Waals surface area contributed by atoms with Crippen LogP contribution in [0.25, 0.3) is 5.69 Å². The zero-order valence-electron chi connectivity index (χ0n) is 15.6. The number of nitrogens with zero attached hydrogens (tertiary/aromatic N) is 2. The molecule has 2 N–H and O–H groups in total. The van der Waals surface area contributed by atoms with E-state index in [0.717, 1.165) is 29.0 Å². The maximum Gasteiger partial charge on any atom is 0.315 e. The largest absolute Gasteiger partial charge is 0.494 e. The second-order valence-electron chi connectivity index (χ2n) is 6.16. The summed E-state index contributed by atoms with van der Waals surface area (Å²) in [6.45, 7) is 2.45. The molecule has 2 amide bonds. The number of para-hydroxylation sites is 2. The number of urea groups is 1. The highest BCUT2D eigenvalue weighted by Crippen LogP contribution is 2.21. The van der Waals surface area contributed by atoms with E-state index in [-0.39, 0.29) is 12.1 Å². The van der Waals surface area contributed by atoms with Crippen LogP contribution in [0.3, 0.4) is 0 Å². The van der Waals surface area contributed by atoms with Crippen LogP contribution in [0.5, 0.6) is 5.75 Å². The molecule has 6 heteroatoms. The summed E-state index contributed by atoms with van der Waals surface area (Å²) in [4.78, 5) is 12.3. The maximum absolute atomic E-state index is 12.3. The molecule has 1 aromatic heterocycles. The highest BCUT2D eigenvalue weighted by molar-refractivity contribution is 5.74. The molecular weight excluding hydrogens is 340 g/mol. The van der Waals surface area contributed by atoms with E-state index in [9.17, 15) is 4.79 Å². The van der Waals surface area contributed by atoms with Crippen molar-refractivity contribution >= 4 is 6.03 Å². The summed E-state index contributed by atoms with van der Waals surface area (Å²) in [5.41, 5.74) is 2.86. The van der Waals surface area contributed by atoms with Crippen LogP contribution in [0.2, 0.25) is 0 Å². The third kappa shape index (κ3) is 4.67. The number of methoxy groups -OCH3 is 1. The summed E-state index contributed by atoms with van der Waals surface area (Å²) in [5, 5.41) is 10.3. The number of benzene rings is 2. The topological polar surface area (TPSA) is 68.2 Å². The first-order valence-corrected chi connectivity index (χ1v) is 8.97. The minimum absolute atomic E-state index is 0.0116. The predicted molar refractivity (Wildman–Crippen MR) is 105 cm³/mol. The van der Waals surface area contributed by atoms with E-state index in [4.69, 9.17) is 4.74 Å². The van der Waals surface area contributed by atoms with Crippen LogP contribution in [-0.4, -0.2) is 22.9 Å². The molecule has 0 aliphatic carbocycles. The minimum Gasteiger partial charge on any atom is -0.494 e. The van der Waals surface area contributed by atoms with Gasteiger partial charge in [0.2, 0.25) is 0 Å². The van der Waals surface area contributed by atoms with Crippen LogP contribution in [0.1, 0.15) is 30.5 Å². The lowest BCUT2D eigenvalue weighted by Gasteiger charge is -2.17. The maximum atomic E-state index is 12.3. The molecule has 0 aliphatic heterocycles. The zero-order chi connectivity index (χ0) is 19.1. The smallest absolute Gasteiger partial charge is 0.315 e. The average Bonchev–Trinajstić information content (AvgIpc) is 3.20. The van der Waals surface area contributed by atoms with Crippen molar-refractivity contribution in [1.82, 2.24) is 20.4 Å². The van der Waals surface area contributed by atoms with Gasteiger partial charge in [-0.1, -0.05) is 49.4 Å². The van der Waals surface area contributed by atoms with Crippen LogP contribution in [-0.2, 0) is 6.54 Å². The number of amides is 2. The third-order valence-corrected chi connectivity index (χ3v) is 4.34. The molecule has 1 atom stereocenters. The van der Waals surface area contributed by atoms with E-state index < -0.39 is 0 Å². The molecule has 0 fully saturated rings. The number of ether oxygens (including phenoxy) is 1. The molecule has 27 heavy (non-hydrogen) atoms. The molecule has 0 radical (unpaired) electrons. The van der Waals surface area contributed by atoms with Gasteiger partial charge in [0.05, 0.1) is 19.3 Å². The Kier molecular flexibility index (Phi) is 6.10. The van der Waals surface area contributed by atoms with Crippen molar-refractivity contribution in [3.63, 3.8) is 0 Å². The first-order chi connectivity index (χ1) is 13.2. The molecule has 140 valence electrons. The summed E-state index contributed by atoms with van der Waals surface area (Å²) in [6.07, 6.45) is 4.44. The third-order valence-electron chi connectivity index (χ3n) is 4.34. The summed E-state index contributed by atoms with van der Waals surface area (Å²) in [6, 6.07) is 17.4. The van der Waals surface area contributed by atoms with E-state index in [1.807, 2.05) is 60.8 Å². The molecule has 1 heterocycles. The van der Waals surface area contributed by atoms with E-state index >= 15 is 0 Å². The number of carbonyl (C=O) groups is 1. The van der Waals surface area contributed by atoms with Crippen molar-refractivity contribution in [2.75, 3.05) is 7.11 Å². The number of rotatable bonds is 7. The molecule has 0 spiro atoms. The van der Waals surface area contributed by atoms with Crippen molar-refractivity contribution in [1.29, 1.82) is 0 Å². The van der Waals surface area contributed by atoms with Gasteiger partial charge >= 0.3 is 6.03 Å². The zero-order valence-corrected chi connectivity index (χ0v) is 15.6. The van der Waals surface area contributed by atoms with E-state index in [1.54, 1.807) is 18.0 Å². The summed E-state index contributed by atoms with van der Waals surface area (Å²) in [7, 11) is 1.63. The number of hydrogen-bond donors (Lipinski definition) is 2.